The van der Waals surface area contributed by atoms with Crippen LogP contribution in [0.5, 0.6) is 0 Å². The van der Waals surface area contributed by atoms with Crippen LogP contribution in [0.3, 0.4) is 0 Å². The maximum atomic E-state index is 5.86. The minimum Gasteiger partial charge on any atom is -0.374 e. The van der Waals surface area contributed by atoms with Crippen molar-refractivity contribution in [3.05, 3.63) is 20.8 Å². The molecule has 2 unspecified atom stereocenters. The number of ether oxygens (including phenoxy) is 1. The van der Waals surface area contributed by atoms with E-state index in [2.05, 4.69) is 47.3 Å². The predicted octanol–water partition coefficient (Wildman–Crippen LogP) is 3.09. The Bertz CT molecular complexity index is 345. The summed E-state index contributed by atoms with van der Waals surface area (Å²) in [6, 6.07) is 4.32. The molecule has 3 nitrogen and oxygen atoms in total. The third-order valence-corrected chi connectivity index (χ3v) is 4.79. The number of hydrazine groups is 1. The Labute approximate surface area is 116 Å². The lowest BCUT2D eigenvalue weighted by Gasteiger charge is -2.36. The van der Waals surface area contributed by atoms with E-state index in [1.54, 1.807) is 11.3 Å². The van der Waals surface area contributed by atoms with Crippen LogP contribution in [0.4, 0.5) is 0 Å². The smallest absolute Gasteiger partial charge is 0.0820 e. The van der Waals surface area contributed by atoms with Gasteiger partial charge in [0, 0.05) is 17.9 Å². The van der Waals surface area contributed by atoms with Crippen molar-refractivity contribution in [1.29, 1.82) is 0 Å². The van der Waals surface area contributed by atoms with Crippen LogP contribution in [-0.4, -0.2) is 18.2 Å². The van der Waals surface area contributed by atoms with Crippen molar-refractivity contribution < 1.29 is 4.74 Å². The second-order valence-corrected chi connectivity index (χ2v) is 6.78. The van der Waals surface area contributed by atoms with E-state index in [0.29, 0.717) is 6.61 Å². The molecule has 0 radical (unpaired) electrons. The summed E-state index contributed by atoms with van der Waals surface area (Å²) >= 11 is 5.22. The average molecular weight is 321 g/mol. The van der Waals surface area contributed by atoms with Crippen LogP contribution < -0.4 is 11.3 Å². The molecule has 2 atom stereocenters. The summed E-state index contributed by atoms with van der Waals surface area (Å²) in [5, 5.41) is 0. The van der Waals surface area contributed by atoms with Gasteiger partial charge in [-0.15, -0.1) is 11.3 Å². The highest BCUT2D eigenvalue weighted by molar-refractivity contribution is 9.11. The number of hydrogen-bond acceptors (Lipinski definition) is 4. The molecule has 98 valence electrons. The summed E-state index contributed by atoms with van der Waals surface area (Å²) in [6.45, 7) is 6.97. The summed E-state index contributed by atoms with van der Waals surface area (Å²) in [5.41, 5.74) is 2.68. The molecule has 0 bridgehead atoms. The highest BCUT2D eigenvalue weighted by Gasteiger charge is 2.32. The first kappa shape index (κ1) is 15.1. The first-order valence-corrected chi connectivity index (χ1v) is 7.51. The zero-order valence-electron chi connectivity index (χ0n) is 10.6. The molecule has 0 amide bonds. The summed E-state index contributed by atoms with van der Waals surface area (Å²) < 4.78 is 7.01. The number of rotatable bonds is 7. The number of halogens is 1. The Morgan fingerprint density at radius 1 is 1.53 bits per heavy atom. The summed E-state index contributed by atoms with van der Waals surface area (Å²) in [5.74, 6) is 5.68. The van der Waals surface area contributed by atoms with Gasteiger partial charge in [0.05, 0.1) is 15.4 Å². The van der Waals surface area contributed by atoms with Gasteiger partial charge >= 0.3 is 0 Å². The van der Waals surface area contributed by atoms with Crippen molar-refractivity contribution in [3.63, 3.8) is 0 Å². The van der Waals surface area contributed by atoms with Crippen LogP contribution in [0.25, 0.3) is 0 Å². The van der Waals surface area contributed by atoms with Gasteiger partial charge in [-0.05, 0) is 48.3 Å². The van der Waals surface area contributed by atoms with Crippen molar-refractivity contribution in [2.45, 2.75) is 45.3 Å². The molecule has 0 aliphatic rings. The predicted molar refractivity (Wildman–Crippen MR) is 77.2 cm³/mol. The first-order chi connectivity index (χ1) is 8.05. The zero-order valence-corrected chi connectivity index (χ0v) is 13.0. The van der Waals surface area contributed by atoms with Gasteiger partial charge in [-0.3, -0.25) is 11.3 Å². The minimum absolute atomic E-state index is 0.123. The van der Waals surface area contributed by atoms with Gasteiger partial charge in [0.25, 0.3) is 0 Å². The minimum atomic E-state index is -0.222. The lowest BCUT2D eigenvalue weighted by Crippen LogP contribution is -2.54. The van der Waals surface area contributed by atoms with Crippen LogP contribution in [0.1, 0.15) is 32.1 Å². The third kappa shape index (κ3) is 4.03. The molecule has 1 aromatic rings. The molecular weight excluding hydrogens is 300 g/mol. The van der Waals surface area contributed by atoms with Gasteiger partial charge in [0.15, 0.2) is 0 Å². The summed E-state index contributed by atoms with van der Waals surface area (Å²) in [7, 11) is 0. The standard InChI is InChI=1S/C12H21BrN2OS/c1-4-12(3,16-5-2)10(15-14)8-9-6-7-11(13)17-9/h6-7,10,15H,4-5,8,14H2,1-3H3. The van der Waals surface area contributed by atoms with E-state index < -0.39 is 0 Å². The largest absolute Gasteiger partial charge is 0.374 e. The van der Waals surface area contributed by atoms with Gasteiger partial charge in [0.2, 0.25) is 0 Å². The second-order valence-electron chi connectivity index (χ2n) is 4.23. The SMILES string of the molecule is CCOC(C)(CC)C(Cc1ccc(Br)s1)NN. The Kier molecular flexibility index (Phi) is 6.09. The fraction of sp³-hybridized carbons (Fsp3) is 0.667. The lowest BCUT2D eigenvalue weighted by atomic mass is 9.90. The van der Waals surface area contributed by atoms with Gasteiger partial charge < -0.3 is 4.74 Å². The molecule has 0 aliphatic heterocycles. The quantitative estimate of drug-likeness (QED) is 0.599. The third-order valence-electron chi connectivity index (χ3n) is 3.15. The lowest BCUT2D eigenvalue weighted by molar-refractivity contribution is -0.0549. The van der Waals surface area contributed by atoms with E-state index in [-0.39, 0.29) is 11.6 Å². The maximum Gasteiger partial charge on any atom is 0.0820 e. The Morgan fingerprint density at radius 3 is 2.65 bits per heavy atom. The molecule has 1 heterocycles. The van der Waals surface area contributed by atoms with Crippen molar-refractivity contribution >= 4 is 27.3 Å². The topological polar surface area (TPSA) is 47.3 Å². The fourth-order valence-electron chi connectivity index (χ4n) is 1.89. The number of nitrogens with one attached hydrogen (secondary N) is 1. The monoisotopic (exact) mass is 320 g/mol. The molecule has 1 aromatic heterocycles. The molecule has 17 heavy (non-hydrogen) atoms. The molecule has 0 saturated carbocycles. The molecule has 5 heteroatoms. The van der Waals surface area contributed by atoms with E-state index >= 15 is 0 Å². The van der Waals surface area contributed by atoms with Crippen LogP contribution >= 0.6 is 27.3 Å². The number of nitrogens with two attached hydrogens (primary N) is 1. The van der Waals surface area contributed by atoms with Crippen molar-refractivity contribution in [2.24, 2.45) is 5.84 Å². The molecule has 0 spiro atoms. The Morgan fingerprint density at radius 2 is 2.24 bits per heavy atom. The molecule has 0 aromatic carbocycles. The van der Waals surface area contributed by atoms with Gasteiger partial charge in [0.1, 0.15) is 0 Å². The molecule has 0 saturated heterocycles. The maximum absolute atomic E-state index is 5.86. The molecule has 1 rings (SSSR count). The van der Waals surface area contributed by atoms with Crippen LogP contribution in [0.2, 0.25) is 0 Å². The van der Waals surface area contributed by atoms with Crippen LogP contribution in [0.15, 0.2) is 15.9 Å². The van der Waals surface area contributed by atoms with E-state index in [0.717, 1.165) is 16.6 Å². The van der Waals surface area contributed by atoms with Gasteiger partial charge in [-0.2, -0.15) is 0 Å². The average Bonchev–Trinajstić information content (AvgIpc) is 2.72. The highest BCUT2D eigenvalue weighted by Crippen LogP contribution is 2.27. The Hall–Kier alpha value is 0.0600. The molecule has 0 fully saturated rings. The molecule has 3 N–H and O–H groups in total. The summed E-state index contributed by atoms with van der Waals surface area (Å²) in [4.78, 5) is 1.30. The van der Waals surface area contributed by atoms with Crippen LogP contribution in [-0.2, 0) is 11.2 Å². The normalized spacial score (nSPS) is 16.8. The zero-order chi connectivity index (χ0) is 12.9. The van der Waals surface area contributed by atoms with E-state index in [4.69, 9.17) is 10.6 Å². The van der Waals surface area contributed by atoms with E-state index in [9.17, 15) is 0 Å². The van der Waals surface area contributed by atoms with E-state index in [1.165, 1.54) is 4.88 Å². The fourth-order valence-corrected chi connectivity index (χ4v) is 3.42. The van der Waals surface area contributed by atoms with E-state index in [1.807, 2.05) is 6.92 Å². The van der Waals surface area contributed by atoms with Crippen LogP contribution in [0, 0.1) is 0 Å². The molecular formula is C12H21BrN2OS. The van der Waals surface area contributed by atoms with Gasteiger partial charge in [-0.1, -0.05) is 6.92 Å². The molecule has 0 aliphatic carbocycles. The number of hydrogen-bond donors (Lipinski definition) is 2. The summed E-state index contributed by atoms with van der Waals surface area (Å²) in [6.07, 6.45) is 1.82. The second kappa shape index (κ2) is 6.85. The highest BCUT2D eigenvalue weighted by atomic mass is 79.9. The number of thiophene rings is 1. The van der Waals surface area contributed by atoms with Crippen molar-refractivity contribution in [1.82, 2.24) is 5.43 Å². The first-order valence-electron chi connectivity index (χ1n) is 5.90. The van der Waals surface area contributed by atoms with Crippen molar-refractivity contribution in [2.75, 3.05) is 6.61 Å². The van der Waals surface area contributed by atoms with Crippen molar-refractivity contribution in [3.8, 4) is 0 Å². The van der Waals surface area contributed by atoms with Gasteiger partial charge in [-0.25, -0.2) is 0 Å². The Balaban J connectivity index is 2.75.